The number of halogens is 1. The zero-order valence-electron chi connectivity index (χ0n) is 13.1. The molecule has 5 nitrogen and oxygen atoms in total. The first-order valence-electron chi connectivity index (χ1n) is 7.45. The quantitative estimate of drug-likeness (QED) is 0.728. The average Bonchev–Trinajstić information content (AvgIpc) is 2.62. The van der Waals surface area contributed by atoms with Gasteiger partial charge in [0.05, 0.1) is 23.5 Å². The van der Waals surface area contributed by atoms with E-state index in [9.17, 15) is 0 Å². The van der Waals surface area contributed by atoms with Gasteiger partial charge in [0.25, 0.3) is 0 Å². The molecule has 0 amide bonds. The molecule has 2 aromatic carbocycles. The van der Waals surface area contributed by atoms with Gasteiger partial charge >= 0.3 is 0 Å². The summed E-state index contributed by atoms with van der Waals surface area (Å²) in [5.74, 6) is 1.18. The maximum Gasteiger partial charge on any atom is 0.217 e. The molecule has 0 aliphatic carbocycles. The van der Waals surface area contributed by atoms with Gasteiger partial charge in [0.1, 0.15) is 12.4 Å². The fourth-order valence-corrected chi connectivity index (χ4v) is 2.37. The highest BCUT2D eigenvalue weighted by molar-refractivity contribution is 6.30. The molecule has 1 heterocycles. The van der Waals surface area contributed by atoms with E-state index in [-0.39, 0.29) is 0 Å². The van der Waals surface area contributed by atoms with Crippen LogP contribution in [0.1, 0.15) is 11.1 Å². The number of nitrogen functional groups attached to an aromatic ring is 1. The number of nitriles is 1. The third-order valence-corrected chi connectivity index (χ3v) is 3.55. The number of nitrogens with zero attached hydrogens (tertiary/aromatic N) is 2. The van der Waals surface area contributed by atoms with Crippen LogP contribution in [0.4, 0.5) is 5.69 Å². The Morgan fingerprint density at radius 2 is 1.92 bits per heavy atom. The largest absolute Gasteiger partial charge is 0.473 e. The van der Waals surface area contributed by atoms with Gasteiger partial charge < -0.3 is 15.2 Å². The van der Waals surface area contributed by atoms with Crippen molar-refractivity contribution in [2.45, 2.75) is 6.61 Å². The third-order valence-electron chi connectivity index (χ3n) is 3.33. The van der Waals surface area contributed by atoms with E-state index in [1.54, 1.807) is 24.3 Å². The average molecular weight is 352 g/mol. The predicted octanol–water partition coefficient (Wildman–Crippen LogP) is 4.56. The maximum absolute atomic E-state index is 9.01. The first-order chi connectivity index (χ1) is 12.1. The van der Waals surface area contributed by atoms with Crippen molar-refractivity contribution in [3.8, 4) is 23.4 Å². The van der Waals surface area contributed by atoms with Crippen LogP contribution in [0.15, 0.2) is 60.8 Å². The molecule has 0 aliphatic rings. The Labute approximate surface area is 150 Å². The van der Waals surface area contributed by atoms with Crippen LogP contribution in [-0.2, 0) is 6.61 Å². The third kappa shape index (κ3) is 4.40. The highest BCUT2D eigenvalue weighted by Gasteiger charge is 2.08. The van der Waals surface area contributed by atoms with Crippen LogP contribution >= 0.6 is 11.6 Å². The fraction of sp³-hybridized carbons (Fsp3) is 0.0526. The molecule has 0 saturated carbocycles. The van der Waals surface area contributed by atoms with E-state index in [2.05, 4.69) is 4.98 Å². The van der Waals surface area contributed by atoms with E-state index >= 15 is 0 Å². The highest BCUT2D eigenvalue weighted by Crippen LogP contribution is 2.31. The van der Waals surface area contributed by atoms with Gasteiger partial charge in [-0.3, -0.25) is 0 Å². The minimum Gasteiger partial charge on any atom is -0.473 e. The van der Waals surface area contributed by atoms with Crippen molar-refractivity contribution in [3.63, 3.8) is 0 Å². The summed E-state index contributed by atoms with van der Waals surface area (Å²) in [5.41, 5.74) is 7.69. The molecule has 0 aliphatic heterocycles. The van der Waals surface area contributed by atoms with Crippen LogP contribution in [0, 0.1) is 11.3 Å². The van der Waals surface area contributed by atoms with Gasteiger partial charge in [0, 0.05) is 11.1 Å². The Bertz CT molecular complexity index is 924. The molecule has 3 rings (SSSR count). The summed E-state index contributed by atoms with van der Waals surface area (Å²) < 4.78 is 11.4. The molecule has 2 N–H and O–H groups in total. The van der Waals surface area contributed by atoms with E-state index in [0.717, 1.165) is 5.56 Å². The topological polar surface area (TPSA) is 81.2 Å². The molecule has 0 atom stereocenters. The Hall–Kier alpha value is -3.23. The van der Waals surface area contributed by atoms with Crippen molar-refractivity contribution in [1.82, 2.24) is 4.98 Å². The van der Waals surface area contributed by atoms with E-state index in [0.29, 0.717) is 40.3 Å². The van der Waals surface area contributed by atoms with Gasteiger partial charge in [-0.05, 0) is 23.8 Å². The van der Waals surface area contributed by atoms with Crippen molar-refractivity contribution in [2.24, 2.45) is 0 Å². The van der Waals surface area contributed by atoms with E-state index < -0.39 is 0 Å². The van der Waals surface area contributed by atoms with Gasteiger partial charge in [0.15, 0.2) is 5.75 Å². The van der Waals surface area contributed by atoms with Crippen LogP contribution in [0.5, 0.6) is 17.4 Å². The predicted molar refractivity (Wildman–Crippen MR) is 95.7 cm³/mol. The number of rotatable bonds is 5. The zero-order valence-corrected chi connectivity index (χ0v) is 13.9. The lowest BCUT2D eigenvalue weighted by atomic mass is 10.2. The Balaban J connectivity index is 1.78. The lowest BCUT2D eigenvalue weighted by Crippen LogP contribution is -1.99. The number of hydrogen-bond acceptors (Lipinski definition) is 5. The van der Waals surface area contributed by atoms with Crippen molar-refractivity contribution in [3.05, 3.63) is 76.9 Å². The van der Waals surface area contributed by atoms with Gasteiger partial charge in [0.2, 0.25) is 5.88 Å². The molecular weight excluding hydrogens is 338 g/mol. The summed E-state index contributed by atoms with van der Waals surface area (Å²) in [6.07, 6.45) is 1.46. The minimum absolute atomic E-state index is 0.352. The number of pyridine rings is 1. The van der Waals surface area contributed by atoms with Crippen molar-refractivity contribution in [1.29, 1.82) is 5.26 Å². The Kier molecular flexibility index (Phi) is 5.03. The number of aromatic nitrogens is 1. The monoisotopic (exact) mass is 351 g/mol. The number of hydrogen-bond donors (Lipinski definition) is 1. The van der Waals surface area contributed by atoms with Gasteiger partial charge in [-0.1, -0.05) is 41.9 Å². The second kappa shape index (κ2) is 7.56. The van der Waals surface area contributed by atoms with Crippen molar-refractivity contribution < 1.29 is 9.47 Å². The number of anilines is 1. The molecule has 0 fully saturated rings. The van der Waals surface area contributed by atoms with E-state index in [1.807, 2.05) is 36.4 Å². The SMILES string of the molecule is N#Cc1cc(Cl)cc(Oc2cc(OCc3ccccc3)ncc2N)c1. The number of ether oxygens (including phenoxy) is 2. The lowest BCUT2D eigenvalue weighted by molar-refractivity contribution is 0.292. The van der Waals surface area contributed by atoms with Gasteiger partial charge in [-0.15, -0.1) is 0 Å². The molecule has 0 unspecified atom stereocenters. The van der Waals surface area contributed by atoms with E-state index in [1.165, 1.54) is 6.20 Å². The maximum atomic E-state index is 9.01. The van der Waals surface area contributed by atoms with Crippen LogP contribution in [0.25, 0.3) is 0 Å². The summed E-state index contributed by atoms with van der Waals surface area (Å²) >= 11 is 5.98. The Morgan fingerprint density at radius 1 is 1.12 bits per heavy atom. The molecule has 1 aromatic heterocycles. The minimum atomic E-state index is 0.352. The van der Waals surface area contributed by atoms with Crippen LogP contribution in [-0.4, -0.2) is 4.98 Å². The zero-order chi connectivity index (χ0) is 17.6. The smallest absolute Gasteiger partial charge is 0.217 e. The summed E-state index contributed by atoms with van der Waals surface area (Å²) in [6, 6.07) is 18.1. The molecular formula is C19H14ClN3O2. The normalized spacial score (nSPS) is 10.1. The van der Waals surface area contributed by atoms with Crippen LogP contribution in [0.2, 0.25) is 5.02 Å². The van der Waals surface area contributed by atoms with E-state index in [4.69, 9.17) is 32.1 Å². The second-order valence-electron chi connectivity index (χ2n) is 5.22. The second-order valence-corrected chi connectivity index (χ2v) is 5.66. The fourth-order valence-electron chi connectivity index (χ4n) is 2.14. The molecule has 0 radical (unpaired) electrons. The van der Waals surface area contributed by atoms with Crippen LogP contribution < -0.4 is 15.2 Å². The summed E-state index contributed by atoms with van der Waals surface area (Å²) in [7, 11) is 0. The molecule has 3 aromatic rings. The Morgan fingerprint density at radius 3 is 2.68 bits per heavy atom. The molecule has 0 bridgehead atoms. The molecule has 124 valence electrons. The molecule has 25 heavy (non-hydrogen) atoms. The lowest BCUT2D eigenvalue weighted by Gasteiger charge is -2.11. The summed E-state index contributed by atoms with van der Waals surface area (Å²) in [4.78, 5) is 4.14. The van der Waals surface area contributed by atoms with Crippen molar-refractivity contribution >= 4 is 17.3 Å². The summed E-state index contributed by atoms with van der Waals surface area (Å²) in [6.45, 7) is 0.382. The van der Waals surface area contributed by atoms with Gasteiger partial charge in [-0.2, -0.15) is 5.26 Å². The van der Waals surface area contributed by atoms with Crippen molar-refractivity contribution in [2.75, 3.05) is 5.73 Å². The number of nitrogens with two attached hydrogens (primary N) is 1. The first kappa shape index (κ1) is 16.6. The molecule has 6 heteroatoms. The highest BCUT2D eigenvalue weighted by atomic mass is 35.5. The first-order valence-corrected chi connectivity index (χ1v) is 7.82. The molecule has 0 saturated heterocycles. The van der Waals surface area contributed by atoms with Gasteiger partial charge in [-0.25, -0.2) is 4.98 Å². The van der Waals surface area contributed by atoms with Crippen LogP contribution in [0.3, 0.4) is 0 Å². The standard InChI is InChI=1S/C19H14ClN3O2/c20-15-6-14(10-21)7-16(8-15)25-18-9-19(23-11-17(18)22)24-12-13-4-2-1-3-5-13/h1-9,11H,12,22H2. The summed E-state index contributed by atoms with van der Waals surface area (Å²) in [5, 5.41) is 9.42. The number of benzene rings is 2. The molecule has 0 spiro atoms.